The third-order valence-corrected chi connectivity index (χ3v) is 4.91. The fourth-order valence-corrected chi connectivity index (χ4v) is 3.34. The standard InChI is InChI=1S/C15H12O6S/c1-9-2-5-11(6-3-9)22(20,21)13-7-4-10(14(16)17)8-12(13)15(18)19/h2-8H,1H3,(H,16,17)(H,18,19). The summed E-state index contributed by atoms with van der Waals surface area (Å²) < 4.78 is 25.1. The molecule has 0 aliphatic heterocycles. The monoisotopic (exact) mass is 320 g/mol. The lowest BCUT2D eigenvalue weighted by Crippen LogP contribution is -2.11. The number of carbonyl (C=O) groups is 2. The third kappa shape index (κ3) is 2.84. The van der Waals surface area contributed by atoms with E-state index >= 15 is 0 Å². The Morgan fingerprint density at radius 3 is 2.00 bits per heavy atom. The first-order valence-corrected chi connectivity index (χ1v) is 7.64. The fraction of sp³-hybridized carbons (Fsp3) is 0.0667. The van der Waals surface area contributed by atoms with E-state index < -0.39 is 32.2 Å². The van der Waals surface area contributed by atoms with Crippen LogP contribution in [0, 0.1) is 6.92 Å². The van der Waals surface area contributed by atoms with E-state index in [1.165, 1.54) is 12.1 Å². The SMILES string of the molecule is Cc1ccc(S(=O)(=O)c2ccc(C(=O)O)cc2C(=O)O)cc1. The topological polar surface area (TPSA) is 109 Å². The number of sulfone groups is 1. The Kier molecular flexibility index (Phi) is 4.01. The van der Waals surface area contributed by atoms with Gasteiger partial charge in [0, 0.05) is 0 Å². The Labute approximate surface area is 126 Å². The van der Waals surface area contributed by atoms with Gasteiger partial charge in [-0.2, -0.15) is 0 Å². The van der Waals surface area contributed by atoms with Gasteiger partial charge >= 0.3 is 11.9 Å². The Morgan fingerprint density at radius 2 is 1.50 bits per heavy atom. The third-order valence-electron chi connectivity index (χ3n) is 3.08. The number of aromatic carboxylic acids is 2. The van der Waals surface area contributed by atoms with E-state index in [0.717, 1.165) is 23.8 Å². The van der Waals surface area contributed by atoms with Crippen molar-refractivity contribution in [3.8, 4) is 0 Å². The molecule has 0 spiro atoms. The van der Waals surface area contributed by atoms with Gasteiger partial charge in [-0.25, -0.2) is 18.0 Å². The molecule has 22 heavy (non-hydrogen) atoms. The Balaban J connectivity index is 2.67. The normalized spacial score (nSPS) is 11.1. The van der Waals surface area contributed by atoms with E-state index in [1.54, 1.807) is 19.1 Å². The second kappa shape index (κ2) is 5.61. The molecule has 2 aromatic carbocycles. The minimum Gasteiger partial charge on any atom is -0.478 e. The molecule has 0 saturated heterocycles. The van der Waals surface area contributed by atoms with Gasteiger partial charge in [0.15, 0.2) is 0 Å². The van der Waals surface area contributed by atoms with Crippen LogP contribution in [-0.4, -0.2) is 30.6 Å². The summed E-state index contributed by atoms with van der Waals surface area (Å²) in [6.07, 6.45) is 0. The smallest absolute Gasteiger partial charge is 0.337 e. The van der Waals surface area contributed by atoms with Gasteiger partial charge in [0.1, 0.15) is 0 Å². The molecule has 7 heteroatoms. The van der Waals surface area contributed by atoms with Crippen LogP contribution in [0.3, 0.4) is 0 Å². The molecule has 2 aromatic rings. The summed E-state index contributed by atoms with van der Waals surface area (Å²) >= 11 is 0. The molecule has 0 saturated carbocycles. The van der Waals surface area contributed by atoms with Crippen LogP contribution in [0.25, 0.3) is 0 Å². The van der Waals surface area contributed by atoms with E-state index in [9.17, 15) is 18.0 Å². The van der Waals surface area contributed by atoms with Crippen molar-refractivity contribution in [2.45, 2.75) is 16.7 Å². The van der Waals surface area contributed by atoms with Gasteiger partial charge in [-0.3, -0.25) is 0 Å². The van der Waals surface area contributed by atoms with E-state index in [-0.39, 0.29) is 10.5 Å². The molecule has 0 aromatic heterocycles. The van der Waals surface area contributed by atoms with E-state index in [4.69, 9.17) is 10.2 Å². The summed E-state index contributed by atoms with van der Waals surface area (Å²) in [5.74, 6) is -2.84. The average Bonchev–Trinajstić information content (AvgIpc) is 2.46. The number of hydrogen-bond acceptors (Lipinski definition) is 4. The molecule has 0 heterocycles. The lowest BCUT2D eigenvalue weighted by Gasteiger charge is -2.09. The first-order chi connectivity index (χ1) is 10.2. The second-order valence-corrected chi connectivity index (χ2v) is 6.56. The molecule has 0 atom stereocenters. The maximum atomic E-state index is 12.5. The molecule has 0 fully saturated rings. The number of carboxylic acid groups (broad SMARTS) is 2. The molecule has 2 rings (SSSR count). The van der Waals surface area contributed by atoms with Crippen LogP contribution in [-0.2, 0) is 9.84 Å². The number of carboxylic acids is 2. The number of aryl methyl sites for hydroxylation is 1. The number of benzene rings is 2. The number of rotatable bonds is 4. The van der Waals surface area contributed by atoms with Crippen molar-refractivity contribution in [1.29, 1.82) is 0 Å². The van der Waals surface area contributed by atoms with E-state index in [0.29, 0.717) is 0 Å². The quantitative estimate of drug-likeness (QED) is 0.894. The lowest BCUT2D eigenvalue weighted by atomic mass is 10.1. The first-order valence-electron chi connectivity index (χ1n) is 6.16. The van der Waals surface area contributed by atoms with Crippen molar-refractivity contribution in [1.82, 2.24) is 0 Å². The predicted molar refractivity (Wildman–Crippen MR) is 77.0 cm³/mol. The predicted octanol–water partition coefficient (Wildman–Crippen LogP) is 2.22. The zero-order chi connectivity index (χ0) is 16.5. The van der Waals surface area contributed by atoms with E-state index in [1.807, 2.05) is 0 Å². The molecular weight excluding hydrogens is 308 g/mol. The summed E-state index contributed by atoms with van der Waals surface area (Å²) in [5.41, 5.74) is -0.000589. The van der Waals surface area contributed by atoms with Crippen LogP contribution in [0.2, 0.25) is 0 Å². The maximum Gasteiger partial charge on any atom is 0.337 e. The molecular formula is C15H12O6S. The largest absolute Gasteiger partial charge is 0.478 e. The highest BCUT2D eigenvalue weighted by molar-refractivity contribution is 7.91. The molecule has 0 radical (unpaired) electrons. The molecule has 0 bridgehead atoms. The van der Waals surface area contributed by atoms with Gasteiger partial charge < -0.3 is 10.2 Å². The average molecular weight is 320 g/mol. The van der Waals surface area contributed by atoms with Crippen LogP contribution >= 0.6 is 0 Å². The van der Waals surface area contributed by atoms with Gasteiger partial charge in [-0.05, 0) is 37.3 Å². The van der Waals surface area contributed by atoms with Gasteiger partial charge in [0.2, 0.25) is 9.84 Å². The van der Waals surface area contributed by atoms with Crippen molar-refractivity contribution in [3.05, 3.63) is 59.2 Å². The molecule has 0 amide bonds. The second-order valence-electron chi connectivity index (χ2n) is 4.64. The van der Waals surface area contributed by atoms with Crippen LogP contribution < -0.4 is 0 Å². The zero-order valence-electron chi connectivity index (χ0n) is 11.5. The van der Waals surface area contributed by atoms with Gasteiger partial charge in [-0.15, -0.1) is 0 Å². The van der Waals surface area contributed by atoms with Crippen molar-refractivity contribution in [3.63, 3.8) is 0 Å². The van der Waals surface area contributed by atoms with Gasteiger partial charge in [0.25, 0.3) is 0 Å². The highest BCUT2D eigenvalue weighted by atomic mass is 32.2. The van der Waals surface area contributed by atoms with Crippen molar-refractivity contribution in [2.24, 2.45) is 0 Å². The summed E-state index contributed by atoms with van der Waals surface area (Å²) in [6.45, 7) is 1.79. The Bertz CT molecular complexity index is 850. The molecule has 0 aliphatic carbocycles. The van der Waals surface area contributed by atoms with Crippen molar-refractivity contribution >= 4 is 21.8 Å². The van der Waals surface area contributed by atoms with Crippen molar-refractivity contribution < 1.29 is 28.2 Å². The van der Waals surface area contributed by atoms with Gasteiger partial charge in [-0.1, -0.05) is 17.7 Å². The molecule has 0 unspecified atom stereocenters. The van der Waals surface area contributed by atoms with E-state index in [2.05, 4.69) is 0 Å². The van der Waals surface area contributed by atoms with Crippen LogP contribution in [0.15, 0.2) is 52.3 Å². The summed E-state index contributed by atoms with van der Waals surface area (Å²) in [4.78, 5) is 21.7. The lowest BCUT2D eigenvalue weighted by molar-refractivity contribution is 0.0692. The zero-order valence-corrected chi connectivity index (χ0v) is 12.3. The van der Waals surface area contributed by atoms with Crippen LogP contribution in [0.1, 0.15) is 26.3 Å². The minimum atomic E-state index is -4.05. The van der Waals surface area contributed by atoms with Gasteiger partial charge in [0.05, 0.1) is 20.9 Å². The number of hydrogen-bond donors (Lipinski definition) is 2. The summed E-state index contributed by atoms with van der Waals surface area (Å²) in [6, 6.07) is 8.85. The molecule has 0 aliphatic rings. The highest BCUT2D eigenvalue weighted by Crippen LogP contribution is 2.25. The Morgan fingerprint density at radius 1 is 0.909 bits per heavy atom. The first kappa shape index (κ1) is 15.7. The molecule has 2 N–H and O–H groups in total. The summed E-state index contributed by atoms with van der Waals surface area (Å²) in [7, 11) is -4.05. The molecule has 114 valence electrons. The van der Waals surface area contributed by atoms with Crippen LogP contribution in [0.4, 0.5) is 0 Å². The minimum absolute atomic E-state index is 0.0522. The van der Waals surface area contributed by atoms with Crippen LogP contribution in [0.5, 0.6) is 0 Å². The van der Waals surface area contributed by atoms with Crippen molar-refractivity contribution in [2.75, 3.05) is 0 Å². The highest BCUT2D eigenvalue weighted by Gasteiger charge is 2.25. The molecule has 6 nitrogen and oxygen atoms in total. The maximum absolute atomic E-state index is 12.5. The fourth-order valence-electron chi connectivity index (χ4n) is 1.91. The Hall–Kier alpha value is -2.67. The summed E-state index contributed by atoms with van der Waals surface area (Å²) in [5, 5.41) is 18.1.